The summed E-state index contributed by atoms with van der Waals surface area (Å²) in [6, 6.07) is 13.5. The molecule has 3 N–H and O–H groups in total. The van der Waals surface area contributed by atoms with E-state index in [4.69, 9.17) is 5.11 Å². The normalized spacial score (nSPS) is 18.8. The molecule has 3 aliphatic heterocycles. The molecule has 53 heavy (non-hydrogen) atoms. The summed E-state index contributed by atoms with van der Waals surface area (Å²) in [4.78, 5) is 68.2. The molecule has 0 saturated carbocycles. The topological polar surface area (TPSA) is 147 Å². The van der Waals surface area contributed by atoms with Crippen molar-refractivity contribution < 1.29 is 19.5 Å². The van der Waals surface area contributed by atoms with Crippen molar-refractivity contribution >= 4 is 39.8 Å². The average Bonchev–Trinajstić information content (AvgIpc) is 3.53. The van der Waals surface area contributed by atoms with Gasteiger partial charge in [-0.25, -0.2) is 9.59 Å². The second-order valence-corrected chi connectivity index (χ2v) is 14.8. The van der Waals surface area contributed by atoms with Crippen LogP contribution in [0.2, 0.25) is 0 Å². The van der Waals surface area contributed by atoms with E-state index in [9.17, 15) is 19.2 Å². The molecule has 5 heterocycles. The van der Waals surface area contributed by atoms with Crippen molar-refractivity contribution in [1.29, 1.82) is 0 Å². The van der Waals surface area contributed by atoms with Crippen molar-refractivity contribution in [3.05, 3.63) is 75.8 Å². The van der Waals surface area contributed by atoms with Crippen LogP contribution >= 0.6 is 0 Å². The van der Waals surface area contributed by atoms with Crippen LogP contribution in [0.4, 0.5) is 4.79 Å². The molecule has 1 atom stereocenters. The number of pyridine rings is 1. The largest absolute Gasteiger partial charge is 0.480 e. The lowest BCUT2D eigenvalue weighted by molar-refractivity contribution is -0.138. The minimum Gasteiger partial charge on any atom is -0.480 e. The van der Waals surface area contributed by atoms with E-state index in [1.807, 2.05) is 34.1 Å². The van der Waals surface area contributed by atoms with Crippen LogP contribution in [-0.2, 0) is 28.9 Å². The molecule has 2 aromatic heterocycles. The van der Waals surface area contributed by atoms with Gasteiger partial charge in [-0.1, -0.05) is 50.2 Å². The molecule has 1 unspecified atom stereocenters. The van der Waals surface area contributed by atoms with Gasteiger partial charge >= 0.3 is 17.7 Å². The minimum atomic E-state index is -0.794. The number of fused-ring (bicyclic) bond motifs is 3. The number of likely N-dealkylation sites (tertiary alicyclic amines) is 2. The van der Waals surface area contributed by atoms with Crippen LogP contribution in [-0.4, -0.2) is 128 Å². The molecule has 3 amide bonds. The van der Waals surface area contributed by atoms with Crippen LogP contribution in [0.25, 0.3) is 21.9 Å². The fraction of sp³-hybridized carbons (Fsp3) is 0.525. The highest BCUT2D eigenvalue weighted by Crippen LogP contribution is 2.28. The molecule has 13 nitrogen and oxygen atoms in total. The van der Waals surface area contributed by atoms with E-state index < -0.39 is 12.0 Å². The zero-order valence-corrected chi connectivity index (χ0v) is 30.9. The number of nitrogens with zero attached hydrogens (tertiary/aromatic N) is 6. The Hall–Kier alpha value is -4.75. The molecule has 13 heteroatoms. The number of carbonyl (C=O) groups is 3. The Morgan fingerprint density at radius 2 is 1.55 bits per heavy atom. The van der Waals surface area contributed by atoms with E-state index in [1.54, 1.807) is 15.7 Å². The quantitative estimate of drug-likeness (QED) is 0.225. The molecule has 3 fully saturated rings. The van der Waals surface area contributed by atoms with Crippen LogP contribution in [0.15, 0.2) is 53.5 Å². The number of amides is 3. The number of hydrogen-bond acceptors (Lipinski definition) is 7. The summed E-state index contributed by atoms with van der Waals surface area (Å²) < 4.78 is 1.79. The van der Waals surface area contributed by atoms with E-state index in [-0.39, 0.29) is 30.2 Å². The molecule has 0 aliphatic carbocycles. The number of imidazole rings is 1. The van der Waals surface area contributed by atoms with Crippen molar-refractivity contribution in [3.8, 4) is 0 Å². The summed E-state index contributed by atoms with van der Waals surface area (Å²) in [6.07, 6.45) is 6.94. The number of para-hydroxylation sites is 1. The maximum atomic E-state index is 14.3. The van der Waals surface area contributed by atoms with Gasteiger partial charge in [-0.05, 0) is 61.3 Å². The number of aryl methyl sites for hydroxylation is 2. The lowest BCUT2D eigenvalue weighted by atomic mass is 9.95. The number of rotatable bonds is 10. The highest BCUT2D eigenvalue weighted by molar-refractivity contribution is 6.01. The van der Waals surface area contributed by atoms with E-state index in [0.29, 0.717) is 51.5 Å². The lowest BCUT2D eigenvalue weighted by Crippen LogP contribution is -2.57. The second-order valence-electron chi connectivity index (χ2n) is 14.8. The fourth-order valence-electron chi connectivity index (χ4n) is 8.72. The standard InChI is InChI=1S/C40H52N8O5/c1-3-28-10-9-27(23-29(28)4-2)24-34(38(51)46-15-11-30(12-16-46)45-21-19-44(20-22-45)26-36(49)50)42-39(52)47-17-13-31(14-18-47)48-35-25-41-33-8-6-5-7-32(33)37(35)43-40(48)53/h5-10,23,25,30-31,34H,3-4,11-22,24,26H2,1-2H3,(H,42,52)(H,43,53)(H,49,50). The molecule has 3 aliphatic rings. The van der Waals surface area contributed by atoms with Crippen LogP contribution in [0.1, 0.15) is 62.3 Å². The first kappa shape index (κ1) is 36.6. The molecule has 2 aromatic carbocycles. The van der Waals surface area contributed by atoms with Crippen LogP contribution in [0, 0.1) is 0 Å². The number of carboxylic acids is 1. The molecule has 4 aromatic rings. The molecular formula is C40H52N8O5. The van der Waals surface area contributed by atoms with Crippen LogP contribution in [0.3, 0.4) is 0 Å². The monoisotopic (exact) mass is 724 g/mol. The first-order valence-electron chi connectivity index (χ1n) is 19.3. The Morgan fingerprint density at radius 1 is 0.868 bits per heavy atom. The third kappa shape index (κ3) is 7.96. The Morgan fingerprint density at radius 3 is 2.25 bits per heavy atom. The van der Waals surface area contributed by atoms with E-state index in [0.717, 1.165) is 79.4 Å². The van der Waals surface area contributed by atoms with Gasteiger partial charge < -0.3 is 25.2 Å². The van der Waals surface area contributed by atoms with Crippen LogP contribution in [0.5, 0.6) is 0 Å². The summed E-state index contributed by atoms with van der Waals surface area (Å²) in [5, 5.41) is 13.2. The van der Waals surface area contributed by atoms with Gasteiger partial charge in [0, 0.05) is 76.2 Å². The number of aliphatic carboxylic acids is 1. The number of carboxylic acid groups (broad SMARTS) is 1. The first-order chi connectivity index (χ1) is 25.7. The molecule has 0 spiro atoms. The number of nitrogens with one attached hydrogen (secondary N) is 2. The number of piperazine rings is 1. The number of hydrogen-bond donors (Lipinski definition) is 3. The average molecular weight is 725 g/mol. The Balaban J connectivity index is 1.01. The number of H-pyrrole nitrogens is 1. The summed E-state index contributed by atoms with van der Waals surface area (Å²) in [5.41, 5.74) is 5.81. The SMILES string of the molecule is CCc1ccc(CC(NC(=O)N2CCC(n3c(=O)[nH]c4c5ccccc5ncc43)CC2)C(=O)N2CCC(N3CCN(CC(=O)O)CC3)CC2)cc1CC. The summed E-state index contributed by atoms with van der Waals surface area (Å²) >= 11 is 0. The van der Waals surface area contributed by atoms with Crippen molar-refractivity contribution in [2.45, 2.75) is 76.9 Å². The highest BCUT2D eigenvalue weighted by Gasteiger charge is 2.34. The summed E-state index contributed by atoms with van der Waals surface area (Å²) in [6.45, 7) is 9.68. The van der Waals surface area contributed by atoms with Gasteiger partial charge in [0.05, 0.1) is 29.3 Å². The number of aromatic nitrogens is 3. The fourth-order valence-corrected chi connectivity index (χ4v) is 8.72. The summed E-state index contributed by atoms with van der Waals surface area (Å²) in [5.74, 6) is -0.849. The van der Waals surface area contributed by atoms with Crippen molar-refractivity contribution in [2.24, 2.45) is 0 Å². The molecule has 0 radical (unpaired) electrons. The molecule has 0 bridgehead atoms. The van der Waals surface area contributed by atoms with Crippen molar-refractivity contribution in [2.75, 3.05) is 58.9 Å². The highest BCUT2D eigenvalue weighted by atomic mass is 16.4. The van der Waals surface area contributed by atoms with Crippen molar-refractivity contribution in [1.82, 2.24) is 39.5 Å². The molecule has 282 valence electrons. The van der Waals surface area contributed by atoms with E-state index in [2.05, 4.69) is 52.2 Å². The Labute approximate surface area is 309 Å². The third-order valence-electron chi connectivity index (χ3n) is 11.7. The third-order valence-corrected chi connectivity index (χ3v) is 11.7. The zero-order chi connectivity index (χ0) is 37.1. The van der Waals surface area contributed by atoms with Gasteiger partial charge in [0.15, 0.2) is 0 Å². The number of piperidine rings is 2. The Bertz CT molecular complexity index is 2000. The smallest absolute Gasteiger partial charge is 0.326 e. The van der Waals surface area contributed by atoms with Gasteiger partial charge in [-0.3, -0.25) is 28.9 Å². The van der Waals surface area contributed by atoms with Crippen molar-refractivity contribution in [3.63, 3.8) is 0 Å². The van der Waals surface area contributed by atoms with E-state index in [1.165, 1.54) is 11.1 Å². The van der Waals surface area contributed by atoms with Gasteiger partial charge in [-0.2, -0.15) is 0 Å². The Kier molecular flexibility index (Phi) is 11.1. The maximum absolute atomic E-state index is 14.3. The second kappa shape index (κ2) is 16.1. The van der Waals surface area contributed by atoms with Gasteiger partial charge in [0.25, 0.3) is 0 Å². The number of benzene rings is 2. The maximum Gasteiger partial charge on any atom is 0.326 e. The van der Waals surface area contributed by atoms with E-state index >= 15 is 0 Å². The van der Waals surface area contributed by atoms with Crippen LogP contribution < -0.4 is 11.0 Å². The summed E-state index contributed by atoms with van der Waals surface area (Å²) in [7, 11) is 0. The number of carbonyl (C=O) groups excluding carboxylic acids is 2. The van der Waals surface area contributed by atoms with Gasteiger partial charge in [0.2, 0.25) is 5.91 Å². The molecule has 7 rings (SSSR count). The lowest BCUT2D eigenvalue weighted by Gasteiger charge is -2.43. The number of urea groups is 1. The molecular weight excluding hydrogens is 672 g/mol. The van der Waals surface area contributed by atoms with Gasteiger partial charge in [-0.15, -0.1) is 0 Å². The van der Waals surface area contributed by atoms with Gasteiger partial charge in [0.1, 0.15) is 6.04 Å². The number of aromatic amines is 1. The molecule has 3 saturated heterocycles. The predicted octanol–water partition coefficient (Wildman–Crippen LogP) is 3.65. The zero-order valence-electron chi connectivity index (χ0n) is 30.9. The predicted molar refractivity (Wildman–Crippen MR) is 204 cm³/mol. The minimum absolute atomic E-state index is 0.0550. The first-order valence-corrected chi connectivity index (χ1v) is 19.3.